The molecule has 1 aromatic heterocycles. The summed E-state index contributed by atoms with van der Waals surface area (Å²) in [5.74, 6) is 0.123. The first-order valence-corrected chi connectivity index (χ1v) is 7.58. The van der Waals surface area contributed by atoms with Crippen LogP contribution in [0.2, 0.25) is 0 Å². The molecule has 1 atom stereocenters. The largest absolute Gasteiger partial charge is 0.373 e. The lowest BCUT2D eigenvalue weighted by Gasteiger charge is -2.21. The third-order valence-electron chi connectivity index (χ3n) is 4.45. The van der Waals surface area contributed by atoms with E-state index in [1.54, 1.807) is 6.20 Å². The second-order valence-electron chi connectivity index (χ2n) is 6.03. The van der Waals surface area contributed by atoms with Gasteiger partial charge in [0.15, 0.2) is 0 Å². The number of ether oxygens (including phenoxy) is 1. The maximum Gasteiger partial charge on any atom is 0.220 e. The molecule has 0 unspecified atom stereocenters. The Labute approximate surface area is 119 Å². The third-order valence-corrected chi connectivity index (χ3v) is 4.45. The van der Waals surface area contributed by atoms with Gasteiger partial charge in [-0.25, -0.2) is 0 Å². The molecule has 1 amide bonds. The number of carbonyl (C=O) groups is 1. The number of amides is 1. The van der Waals surface area contributed by atoms with E-state index >= 15 is 0 Å². The van der Waals surface area contributed by atoms with Crippen molar-refractivity contribution in [3.05, 3.63) is 30.1 Å². The van der Waals surface area contributed by atoms with E-state index in [0.717, 1.165) is 31.2 Å². The van der Waals surface area contributed by atoms with Gasteiger partial charge in [0.2, 0.25) is 5.91 Å². The third kappa shape index (κ3) is 3.18. The zero-order chi connectivity index (χ0) is 13.8. The molecule has 1 spiro atoms. The van der Waals surface area contributed by atoms with Gasteiger partial charge in [0.1, 0.15) is 0 Å². The van der Waals surface area contributed by atoms with Crippen LogP contribution in [0.4, 0.5) is 0 Å². The number of aryl methyl sites for hydroxylation is 1. The lowest BCUT2D eigenvalue weighted by molar-refractivity contribution is -0.121. The van der Waals surface area contributed by atoms with E-state index < -0.39 is 0 Å². The van der Waals surface area contributed by atoms with E-state index in [0.29, 0.717) is 13.0 Å². The summed E-state index contributed by atoms with van der Waals surface area (Å²) in [4.78, 5) is 16.1. The summed E-state index contributed by atoms with van der Waals surface area (Å²) in [5, 5.41) is 3.12. The Bertz CT molecular complexity index is 455. The van der Waals surface area contributed by atoms with Crippen LogP contribution < -0.4 is 5.32 Å². The number of rotatable bonds is 4. The van der Waals surface area contributed by atoms with E-state index in [1.807, 2.05) is 18.3 Å². The molecule has 2 fully saturated rings. The smallest absolute Gasteiger partial charge is 0.220 e. The Kier molecular flexibility index (Phi) is 4.01. The van der Waals surface area contributed by atoms with Gasteiger partial charge < -0.3 is 10.1 Å². The van der Waals surface area contributed by atoms with Gasteiger partial charge in [-0.1, -0.05) is 18.9 Å². The summed E-state index contributed by atoms with van der Waals surface area (Å²) in [5.41, 5.74) is 1.19. The molecule has 3 rings (SSSR count). The molecule has 1 aliphatic carbocycles. The Hall–Kier alpha value is -1.42. The molecule has 2 aliphatic rings. The van der Waals surface area contributed by atoms with Crippen LogP contribution in [0.5, 0.6) is 0 Å². The van der Waals surface area contributed by atoms with Gasteiger partial charge in [0.05, 0.1) is 18.2 Å². The van der Waals surface area contributed by atoms with Crippen molar-refractivity contribution in [2.45, 2.75) is 56.6 Å². The fourth-order valence-electron chi connectivity index (χ4n) is 3.41. The predicted molar refractivity (Wildman–Crippen MR) is 76.3 cm³/mol. The Balaban J connectivity index is 1.43. The molecule has 20 heavy (non-hydrogen) atoms. The fourth-order valence-corrected chi connectivity index (χ4v) is 3.41. The Morgan fingerprint density at radius 2 is 2.30 bits per heavy atom. The van der Waals surface area contributed by atoms with Crippen molar-refractivity contribution in [2.75, 3.05) is 6.61 Å². The van der Waals surface area contributed by atoms with E-state index in [1.165, 1.54) is 12.8 Å². The van der Waals surface area contributed by atoms with Gasteiger partial charge in [0.25, 0.3) is 0 Å². The summed E-state index contributed by atoms with van der Waals surface area (Å²) in [7, 11) is 0. The van der Waals surface area contributed by atoms with Crippen molar-refractivity contribution in [1.29, 1.82) is 0 Å². The zero-order valence-corrected chi connectivity index (χ0v) is 11.8. The predicted octanol–water partition coefficient (Wildman–Crippen LogP) is 2.23. The van der Waals surface area contributed by atoms with E-state index in [4.69, 9.17) is 4.74 Å². The molecule has 4 heteroatoms. The highest BCUT2D eigenvalue weighted by Crippen LogP contribution is 2.40. The van der Waals surface area contributed by atoms with Gasteiger partial charge in [-0.15, -0.1) is 0 Å². The average molecular weight is 274 g/mol. The Morgan fingerprint density at radius 3 is 3.05 bits per heavy atom. The fraction of sp³-hybridized carbons (Fsp3) is 0.625. The van der Waals surface area contributed by atoms with Gasteiger partial charge in [-0.3, -0.25) is 9.78 Å². The van der Waals surface area contributed by atoms with Crippen LogP contribution in [-0.4, -0.2) is 29.1 Å². The van der Waals surface area contributed by atoms with Gasteiger partial charge >= 0.3 is 0 Å². The molecule has 1 aliphatic heterocycles. The minimum Gasteiger partial charge on any atom is -0.373 e. The van der Waals surface area contributed by atoms with Crippen molar-refractivity contribution < 1.29 is 9.53 Å². The van der Waals surface area contributed by atoms with E-state index in [-0.39, 0.29) is 17.6 Å². The monoisotopic (exact) mass is 274 g/mol. The first-order chi connectivity index (χ1) is 9.76. The molecule has 1 aromatic rings. The second-order valence-corrected chi connectivity index (χ2v) is 6.03. The highest BCUT2D eigenvalue weighted by Gasteiger charge is 2.42. The maximum atomic E-state index is 12.0. The molecular weight excluding hydrogens is 252 g/mol. The van der Waals surface area contributed by atoms with Crippen molar-refractivity contribution in [3.63, 3.8) is 0 Å². The lowest BCUT2D eigenvalue weighted by atomic mass is 9.96. The van der Waals surface area contributed by atoms with Crippen molar-refractivity contribution in [2.24, 2.45) is 0 Å². The summed E-state index contributed by atoms with van der Waals surface area (Å²) in [6, 6.07) is 4.11. The number of nitrogens with one attached hydrogen (secondary N) is 1. The molecule has 1 saturated heterocycles. The van der Waals surface area contributed by atoms with E-state index in [9.17, 15) is 4.79 Å². The number of aromatic nitrogens is 1. The molecule has 1 saturated carbocycles. The quantitative estimate of drug-likeness (QED) is 0.916. The molecule has 2 heterocycles. The first-order valence-electron chi connectivity index (χ1n) is 7.58. The van der Waals surface area contributed by atoms with Crippen LogP contribution in [0.3, 0.4) is 0 Å². The van der Waals surface area contributed by atoms with Crippen LogP contribution in [0.1, 0.15) is 44.1 Å². The molecular formula is C16H22N2O2. The number of nitrogens with zero attached hydrogens (tertiary/aromatic N) is 1. The summed E-state index contributed by atoms with van der Waals surface area (Å²) in [6.07, 6.45) is 10.7. The van der Waals surface area contributed by atoms with Gasteiger partial charge in [0, 0.05) is 18.8 Å². The van der Waals surface area contributed by atoms with Crippen molar-refractivity contribution in [1.82, 2.24) is 10.3 Å². The summed E-state index contributed by atoms with van der Waals surface area (Å²) < 4.78 is 5.95. The van der Waals surface area contributed by atoms with Crippen LogP contribution in [0, 0.1) is 0 Å². The number of hydrogen-bond donors (Lipinski definition) is 1. The molecule has 108 valence electrons. The number of hydrogen-bond acceptors (Lipinski definition) is 3. The van der Waals surface area contributed by atoms with Gasteiger partial charge in [-0.05, 0) is 37.3 Å². The normalized spacial score (nSPS) is 24.1. The lowest BCUT2D eigenvalue weighted by Crippen LogP contribution is -2.36. The SMILES string of the molecule is O=C(CCc1cccnc1)N[C@H]1COC2(CCCC2)C1. The van der Waals surface area contributed by atoms with Crippen LogP contribution >= 0.6 is 0 Å². The van der Waals surface area contributed by atoms with Gasteiger partial charge in [-0.2, -0.15) is 0 Å². The maximum absolute atomic E-state index is 12.0. The Morgan fingerprint density at radius 1 is 1.45 bits per heavy atom. The minimum atomic E-state index is 0.0846. The number of pyridine rings is 1. The minimum absolute atomic E-state index is 0.0846. The topological polar surface area (TPSA) is 51.2 Å². The van der Waals surface area contributed by atoms with Crippen molar-refractivity contribution >= 4 is 5.91 Å². The molecule has 4 nitrogen and oxygen atoms in total. The summed E-state index contributed by atoms with van der Waals surface area (Å²) in [6.45, 7) is 0.679. The molecule has 0 bridgehead atoms. The number of carbonyl (C=O) groups excluding carboxylic acids is 1. The first kappa shape index (κ1) is 13.6. The van der Waals surface area contributed by atoms with Crippen LogP contribution in [0.25, 0.3) is 0 Å². The second kappa shape index (κ2) is 5.92. The van der Waals surface area contributed by atoms with E-state index in [2.05, 4.69) is 10.3 Å². The van der Waals surface area contributed by atoms with Crippen LogP contribution in [0.15, 0.2) is 24.5 Å². The molecule has 0 aromatic carbocycles. The average Bonchev–Trinajstić information content (AvgIpc) is 3.09. The highest BCUT2D eigenvalue weighted by atomic mass is 16.5. The van der Waals surface area contributed by atoms with Crippen LogP contribution in [-0.2, 0) is 16.0 Å². The highest BCUT2D eigenvalue weighted by molar-refractivity contribution is 5.76. The van der Waals surface area contributed by atoms with Crippen molar-refractivity contribution in [3.8, 4) is 0 Å². The summed E-state index contributed by atoms with van der Waals surface area (Å²) >= 11 is 0. The molecule has 1 N–H and O–H groups in total. The molecule has 0 radical (unpaired) electrons. The standard InChI is InChI=1S/C16H22N2O2/c19-15(6-5-13-4-3-9-17-11-13)18-14-10-16(20-12-14)7-1-2-8-16/h3-4,9,11,14H,1-2,5-8,10,12H2,(H,18,19)/t14-/m1/s1. The zero-order valence-electron chi connectivity index (χ0n) is 11.8.